The van der Waals surface area contributed by atoms with Crippen LogP contribution in [-0.2, 0) is 6.54 Å². The third-order valence-corrected chi connectivity index (χ3v) is 5.21. The molecular weight excluding hydrogens is 406 g/mol. The van der Waals surface area contributed by atoms with Crippen LogP contribution >= 0.6 is 0 Å². The lowest BCUT2D eigenvalue weighted by molar-refractivity contribution is 0.0952. The molecule has 160 valence electrons. The number of nitrogens with one attached hydrogen (secondary N) is 2. The molecule has 1 aliphatic rings. The minimum atomic E-state index is -0.181. The molecule has 0 aliphatic carbocycles. The molecule has 0 radical (unpaired) electrons. The number of pyridine rings is 1. The molecule has 0 bridgehead atoms. The summed E-state index contributed by atoms with van der Waals surface area (Å²) in [6.07, 6.45) is 0. The monoisotopic (exact) mass is 427 g/mol. The number of ether oxygens (including phenoxy) is 3. The summed E-state index contributed by atoms with van der Waals surface area (Å²) in [5.74, 6) is 2.58. The van der Waals surface area contributed by atoms with E-state index in [1.807, 2.05) is 66.7 Å². The molecule has 1 aromatic heterocycles. The van der Waals surface area contributed by atoms with Gasteiger partial charge in [-0.2, -0.15) is 0 Å². The SMILES string of the molecule is COc1ccc(Nc2cc(C(=O)NCc3ccc4c(c3)OCO4)c3ccccc3n2)cc1. The van der Waals surface area contributed by atoms with Crippen LogP contribution in [0, 0.1) is 0 Å². The Morgan fingerprint density at radius 1 is 1.00 bits per heavy atom. The second kappa shape index (κ2) is 8.47. The number of amides is 1. The minimum Gasteiger partial charge on any atom is -0.497 e. The molecule has 2 heterocycles. The summed E-state index contributed by atoms with van der Waals surface area (Å²) in [4.78, 5) is 17.8. The zero-order valence-corrected chi connectivity index (χ0v) is 17.4. The summed E-state index contributed by atoms with van der Waals surface area (Å²) in [5, 5.41) is 7.05. The Hall–Kier alpha value is -4.26. The van der Waals surface area contributed by atoms with Crippen molar-refractivity contribution >= 4 is 28.3 Å². The highest BCUT2D eigenvalue weighted by Gasteiger charge is 2.16. The molecule has 0 atom stereocenters. The average molecular weight is 427 g/mol. The number of carbonyl (C=O) groups is 1. The Kier molecular flexibility index (Phi) is 5.21. The van der Waals surface area contributed by atoms with Gasteiger partial charge in [0.2, 0.25) is 6.79 Å². The Bertz CT molecular complexity index is 1290. The van der Waals surface area contributed by atoms with Crippen molar-refractivity contribution in [1.82, 2.24) is 10.3 Å². The van der Waals surface area contributed by atoms with Gasteiger partial charge in [0.05, 0.1) is 18.2 Å². The van der Waals surface area contributed by atoms with E-state index in [4.69, 9.17) is 14.2 Å². The maximum atomic E-state index is 13.1. The molecule has 1 amide bonds. The van der Waals surface area contributed by atoms with E-state index in [1.54, 1.807) is 13.2 Å². The maximum Gasteiger partial charge on any atom is 0.252 e. The summed E-state index contributed by atoms with van der Waals surface area (Å²) in [6, 6.07) is 22.5. The smallest absolute Gasteiger partial charge is 0.252 e. The fourth-order valence-electron chi connectivity index (χ4n) is 3.58. The van der Waals surface area contributed by atoms with Gasteiger partial charge in [-0.1, -0.05) is 24.3 Å². The number of benzene rings is 3. The van der Waals surface area contributed by atoms with Gasteiger partial charge in [0, 0.05) is 17.6 Å². The summed E-state index contributed by atoms with van der Waals surface area (Å²) in [5.41, 5.74) is 3.06. The maximum absolute atomic E-state index is 13.1. The Labute approximate surface area is 185 Å². The molecule has 32 heavy (non-hydrogen) atoms. The van der Waals surface area contributed by atoms with Crippen LogP contribution in [-0.4, -0.2) is 24.8 Å². The van der Waals surface area contributed by atoms with Crippen molar-refractivity contribution in [2.45, 2.75) is 6.54 Å². The van der Waals surface area contributed by atoms with Gasteiger partial charge in [-0.05, 0) is 54.1 Å². The number of hydrogen-bond donors (Lipinski definition) is 2. The lowest BCUT2D eigenvalue weighted by Gasteiger charge is -2.12. The second-order valence-corrected chi connectivity index (χ2v) is 7.30. The quantitative estimate of drug-likeness (QED) is 0.466. The van der Waals surface area contributed by atoms with E-state index < -0.39 is 0 Å². The predicted octanol–water partition coefficient (Wildman–Crippen LogP) is 4.65. The predicted molar refractivity (Wildman–Crippen MR) is 122 cm³/mol. The zero-order valence-electron chi connectivity index (χ0n) is 17.4. The van der Waals surface area contributed by atoms with Crippen LogP contribution in [0.25, 0.3) is 10.9 Å². The van der Waals surface area contributed by atoms with Crippen molar-refractivity contribution in [3.63, 3.8) is 0 Å². The van der Waals surface area contributed by atoms with Gasteiger partial charge < -0.3 is 24.8 Å². The van der Waals surface area contributed by atoms with Crippen molar-refractivity contribution < 1.29 is 19.0 Å². The lowest BCUT2D eigenvalue weighted by atomic mass is 10.1. The molecule has 0 spiro atoms. The van der Waals surface area contributed by atoms with E-state index in [0.717, 1.165) is 33.7 Å². The van der Waals surface area contributed by atoms with Gasteiger partial charge in [-0.3, -0.25) is 4.79 Å². The molecule has 5 rings (SSSR count). The molecule has 0 saturated carbocycles. The number of methoxy groups -OCH3 is 1. The second-order valence-electron chi connectivity index (χ2n) is 7.30. The zero-order chi connectivity index (χ0) is 21.9. The highest BCUT2D eigenvalue weighted by molar-refractivity contribution is 6.07. The van der Waals surface area contributed by atoms with Crippen LogP contribution < -0.4 is 24.8 Å². The molecule has 7 heteroatoms. The van der Waals surface area contributed by atoms with E-state index >= 15 is 0 Å². The highest BCUT2D eigenvalue weighted by atomic mass is 16.7. The van der Waals surface area contributed by atoms with Crippen molar-refractivity contribution in [1.29, 1.82) is 0 Å². The third kappa shape index (κ3) is 4.00. The van der Waals surface area contributed by atoms with E-state index in [9.17, 15) is 4.79 Å². The molecule has 3 aromatic carbocycles. The minimum absolute atomic E-state index is 0.181. The number of fused-ring (bicyclic) bond motifs is 2. The highest BCUT2D eigenvalue weighted by Crippen LogP contribution is 2.32. The van der Waals surface area contributed by atoms with Gasteiger partial charge in [-0.25, -0.2) is 4.98 Å². The van der Waals surface area contributed by atoms with Crippen LogP contribution in [0.15, 0.2) is 72.8 Å². The molecule has 7 nitrogen and oxygen atoms in total. The van der Waals surface area contributed by atoms with Crippen molar-refractivity contribution in [3.8, 4) is 17.2 Å². The topological polar surface area (TPSA) is 81.7 Å². The summed E-state index contributed by atoms with van der Waals surface area (Å²) in [6.45, 7) is 0.589. The van der Waals surface area contributed by atoms with E-state index in [1.165, 1.54) is 0 Å². The normalized spacial score (nSPS) is 11.9. The van der Waals surface area contributed by atoms with Crippen LogP contribution in [0.4, 0.5) is 11.5 Å². The van der Waals surface area contributed by atoms with Crippen LogP contribution in [0.3, 0.4) is 0 Å². The molecule has 1 aliphatic heterocycles. The van der Waals surface area contributed by atoms with Gasteiger partial charge in [0.25, 0.3) is 5.91 Å². The lowest BCUT2D eigenvalue weighted by Crippen LogP contribution is -2.23. The molecular formula is C25H21N3O4. The number of nitrogens with zero attached hydrogens (tertiary/aromatic N) is 1. The molecule has 0 fully saturated rings. The summed E-state index contributed by atoms with van der Waals surface area (Å²) in [7, 11) is 1.63. The first-order valence-electron chi connectivity index (χ1n) is 10.2. The average Bonchev–Trinajstić information content (AvgIpc) is 3.30. The van der Waals surface area contributed by atoms with Gasteiger partial charge in [0.15, 0.2) is 11.5 Å². The number of hydrogen-bond acceptors (Lipinski definition) is 6. The number of aromatic nitrogens is 1. The standard InChI is InChI=1S/C25H21N3O4/c1-30-18-9-7-17(8-10-18)27-24-13-20(19-4-2-3-5-21(19)28-24)25(29)26-14-16-6-11-22-23(12-16)32-15-31-22/h2-13H,14-15H2,1H3,(H,26,29)(H,27,28). The van der Waals surface area contributed by atoms with Gasteiger partial charge in [0.1, 0.15) is 11.6 Å². The molecule has 4 aromatic rings. The summed E-state index contributed by atoms with van der Waals surface area (Å²) < 4.78 is 16.0. The Morgan fingerprint density at radius 2 is 1.81 bits per heavy atom. The number of anilines is 2. The van der Waals surface area contributed by atoms with Crippen LogP contribution in [0.2, 0.25) is 0 Å². The van der Waals surface area contributed by atoms with Crippen LogP contribution in [0.1, 0.15) is 15.9 Å². The molecule has 0 unspecified atom stereocenters. The molecule has 0 saturated heterocycles. The van der Waals surface area contributed by atoms with Crippen molar-refractivity contribution in [2.24, 2.45) is 0 Å². The largest absolute Gasteiger partial charge is 0.497 e. The Morgan fingerprint density at radius 3 is 2.66 bits per heavy atom. The number of para-hydroxylation sites is 1. The first-order valence-corrected chi connectivity index (χ1v) is 10.2. The van der Waals surface area contributed by atoms with E-state index in [2.05, 4.69) is 15.6 Å². The van der Waals surface area contributed by atoms with E-state index in [-0.39, 0.29) is 12.7 Å². The number of carbonyl (C=O) groups excluding carboxylic acids is 1. The third-order valence-electron chi connectivity index (χ3n) is 5.21. The van der Waals surface area contributed by atoms with Crippen molar-refractivity contribution in [3.05, 3.63) is 83.9 Å². The first kappa shape index (κ1) is 19.7. The number of rotatable bonds is 6. The van der Waals surface area contributed by atoms with E-state index in [0.29, 0.717) is 23.7 Å². The van der Waals surface area contributed by atoms with Crippen molar-refractivity contribution in [2.75, 3.05) is 19.2 Å². The fraction of sp³-hybridized carbons (Fsp3) is 0.120. The molecule has 2 N–H and O–H groups in total. The first-order chi connectivity index (χ1) is 15.7. The van der Waals surface area contributed by atoms with Crippen LogP contribution in [0.5, 0.6) is 17.2 Å². The Balaban J connectivity index is 1.39. The van der Waals surface area contributed by atoms with Gasteiger partial charge >= 0.3 is 0 Å². The van der Waals surface area contributed by atoms with Gasteiger partial charge in [-0.15, -0.1) is 0 Å². The summed E-state index contributed by atoms with van der Waals surface area (Å²) >= 11 is 0. The fourth-order valence-corrected chi connectivity index (χ4v) is 3.58.